The Hall–Kier alpha value is 0. The highest BCUT2D eigenvalue weighted by atomic mass is 14.6. The van der Waals surface area contributed by atoms with Crippen molar-refractivity contribution in [3.8, 4) is 0 Å². The van der Waals surface area contributed by atoms with Crippen LogP contribution in [0.2, 0.25) is 0 Å². The smallest absolute Gasteiger partial charge is 0.0292 e. The Bertz CT molecular complexity index is 2290. The maximum Gasteiger partial charge on any atom is -0.0292 e. The van der Waals surface area contributed by atoms with E-state index in [1.165, 1.54) is 244 Å². The van der Waals surface area contributed by atoms with Gasteiger partial charge in [-0.05, 0) is 333 Å². The number of hydrogen-bond donors (Lipinski definition) is 0. The van der Waals surface area contributed by atoms with Gasteiger partial charge in [0.15, 0.2) is 0 Å². The molecule has 20 fully saturated rings. The molecule has 0 nitrogen and oxygen atoms in total. The average molecular weight is 1400 g/mol. The molecule has 13 atom stereocenters. The van der Waals surface area contributed by atoms with Gasteiger partial charge >= 0.3 is 0 Å². The summed E-state index contributed by atoms with van der Waals surface area (Å²) in [6, 6.07) is 0. The van der Waals surface area contributed by atoms with E-state index in [9.17, 15) is 0 Å². The zero-order chi connectivity index (χ0) is 73.1. The second kappa shape index (κ2) is 35.1. The molecule has 588 valence electrons. The summed E-state index contributed by atoms with van der Waals surface area (Å²) in [5.74, 6) is 25.8. The van der Waals surface area contributed by atoms with Crippen molar-refractivity contribution in [2.24, 2.45) is 185 Å². The number of fused-ring (bicyclic) bond motifs is 18. The van der Waals surface area contributed by atoms with E-state index in [0.717, 1.165) is 147 Å². The fourth-order valence-electron chi connectivity index (χ4n) is 30.3. The molecular weight excluding hydrogens is 1210 g/mol. The number of hydrogen-bond acceptors (Lipinski definition) is 0. The SMILES string of the molecule is CC(C)(C)C1C2CCCC1CCC2.CC(C)(C)C1CC2CCC1C2.CC(C)(C)C1CC2CCC1CC2.CC(C)(C)C1CC2CCCCC(C2)C1.CC(C)(C)C1CCC2CCC1C2.CC(C)(C)C1CCC2CCC1CC2.CC(C)(C)C1CCC2CCCC1CC2.CCC12CC3CC(CC(C3)C1)C2. The zero-order valence-electron chi connectivity index (χ0n) is 73.1. The Morgan fingerprint density at radius 2 is 0.475 bits per heavy atom. The summed E-state index contributed by atoms with van der Waals surface area (Å²) in [6.07, 6.45) is 72.3. The van der Waals surface area contributed by atoms with E-state index in [2.05, 4.69) is 152 Å². The van der Waals surface area contributed by atoms with E-state index in [1.54, 1.807) is 57.8 Å². The van der Waals surface area contributed by atoms with E-state index >= 15 is 0 Å². The van der Waals surface area contributed by atoms with Crippen molar-refractivity contribution in [1.82, 2.24) is 0 Å². The van der Waals surface area contributed by atoms with Crippen LogP contribution >= 0.6 is 0 Å². The zero-order valence-corrected chi connectivity index (χ0v) is 73.1. The van der Waals surface area contributed by atoms with Crippen LogP contribution in [-0.2, 0) is 0 Å². The molecule has 0 heteroatoms. The fraction of sp³-hybridized carbons (Fsp3) is 1.00. The normalized spacial score (nSPS) is 42.6. The van der Waals surface area contributed by atoms with Gasteiger partial charge in [0, 0.05) is 0 Å². The molecule has 0 aliphatic heterocycles. The Morgan fingerprint density at radius 1 is 0.198 bits per heavy atom. The highest BCUT2D eigenvalue weighted by Crippen LogP contribution is 2.62. The topological polar surface area (TPSA) is 0 Å². The lowest BCUT2D eigenvalue weighted by atomic mass is 9.49. The van der Waals surface area contributed by atoms with Crippen molar-refractivity contribution in [2.75, 3.05) is 0 Å². The Kier molecular flexibility index (Phi) is 29.0. The maximum atomic E-state index is 2.45. The van der Waals surface area contributed by atoms with E-state index in [0.29, 0.717) is 37.9 Å². The summed E-state index contributed by atoms with van der Waals surface area (Å²) in [6.45, 7) is 53.6. The standard InChI is InChI=1S/2C14H26.2C13H24.C12H20.2C12H22.C11H20/c1-14(2,3)13-10-8-11-5-4-6-12(13)9-7-11;1-14(2,3)13-9-11-6-4-5-7-12(8-11)10-13;1-13(2,3)12-9-6-10-4-7-11(12)8-5-10;1-13(2,3)12-10-6-4-7-11(12)9-5-8-10;1-2-12-6-9-3-10(7-12)5-11(4-9)8-12;1-12(2,3)11-7-5-9-4-6-10(11)8-9;1-12(2,3)11-8-9-4-6-10(11)7-5-9;1-11(2,3)10-7-8-4-5-9(10)6-8/h2*11-13H,4-10H2,1-3H3;2*10-12H,4-9H2,1-3H3;9-11H,2-8H2,1H3;2*9-11H,4-8H2,1-3H3;8-10H,4-7H2,1-3H3. The highest BCUT2D eigenvalue weighted by Gasteiger charge is 2.51. The van der Waals surface area contributed by atoms with Crippen LogP contribution in [0.4, 0.5) is 0 Å². The predicted octanol–water partition coefficient (Wildman–Crippen LogP) is 32.6. The second-order valence-electron chi connectivity index (χ2n) is 49.5. The molecule has 0 heterocycles. The van der Waals surface area contributed by atoms with Gasteiger partial charge in [-0.1, -0.05) is 306 Å². The van der Waals surface area contributed by atoms with Gasteiger partial charge < -0.3 is 0 Å². The van der Waals surface area contributed by atoms with Crippen molar-refractivity contribution in [2.45, 2.75) is 454 Å². The van der Waals surface area contributed by atoms with Crippen LogP contribution in [-0.4, -0.2) is 0 Å². The molecule has 20 aliphatic carbocycles. The minimum Gasteiger partial charge on any atom is -0.0649 e. The summed E-state index contributed by atoms with van der Waals surface area (Å²) >= 11 is 0. The van der Waals surface area contributed by atoms with Gasteiger partial charge in [0.1, 0.15) is 0 Å². The summed E-state index contributed by atoms with van der Waals surface area (Å²) in [4.78, 5) is 0. The van der Waals surface area contributed by atoms with E-state index < -0.39 is 0 Å². The third-order valence-corrected chi connectivity index (χ3v) is 35.2. The van der Waals surface area contributed by atoms with Gasteiger partial charge in [0.25, 0.3) is 0 Å². The van der Waals surface area contributed by atoms with Gasteiger partial charge in [-0.25, -0.2) is 0 Å². The second-order valence-corrected chi connectivity index (χ2v) is 49.5. The van der Waals surface area contributed by atoms with Gasteiger partial charge in [0.2, 0.25) is 0 Å². The Labute approximate surface area is 635 Å². The molecular formula is C101H184. The molecule has 0 aromatic heterocycles. The molecule has 0 radical (unpaired) electrons. The van der Waals surface area contributed by atoms with Gasteiger partial charge in [-0.3, -0.25) is 0 Å². The maximum absolute atomic E-state index is 2.45. The summed E-state index contributed by atoms with van der Waals surface area (Å²) in [5.41, 5.74) is 4.80. The third kappa shape index (κ3) is 23.3. The molecule has 0 saturated heterocycles. The summed E-state index contributed by atoms with van der Waals surface area (Å²) in [5, 5.41) is 0. The first kappa shape index (κ1) is 83.5. The predicted molar refractivity (Wildman–Crippen MR) is 445 cm³/mol. The van der Waals surface area contributed by atoms with Crippen LogP contribution in [0.25, 0.3) is 0 Å². The van der Waals surface area contributed by atoms with Gasteiger partial charge in [-0.2, -0.15) is 0 Å². The molecule has 20 rings (SSSR count). The van der Waals surface area contributed by atoms with Gasteiger partial charge in [-0.15, -0.1) is 0 Å². The molecule has 0 aromatic carbocycles. The minimum absolute atomic E-state index is 0.552. The van der Waals surface area contributed by atoms with Crippen molar-refractivity contribution in [1.29, 1.82) is 0 Å². The first-order chi connectivity index (χ1) is 47.3. The van der Waals surface area contributed by atoms with Crippen LogP contribution in [0, 0.1) is 185 Å². The fourth-order valence-corrected chi connectivity index (χ4v) is 30.3. The highest BCUT2D eigenvalue weighted by molar-refractivity contribution is 5.02. The first-order valence-corrected chi connectivity index (χ1v) is 47.3. The lowest BCUT2D eigenvalue weighted by Crippen LogP contribution is -2.45. The van der Waals surface area contributed by atoms with Crippen LogP contribution in [0.1, 0.15) is 454 Å². The molecule has 101 heavy (non-hydrogen) atoms. The summed E-state index contributed by atoms with van der Waals surface area (Å²) in [7, 11) is 0. The van der Waals surface area contributed by atoms with E-state index in [-0.39, 0.29) is 0 Å². The molecule has 13 unspecified atom stereocenters. The van der Waals surface area contributed by atoms with Crippen molar-refractivity contribution in [3.05, 3.63) is 0 Å². The number of rotatable bonds is 1. The monoisotopic (exact) mass is 1400 g/mol. The average Bonchev–Trinajstić information content (AvgIpc) is 1.12. The van der Waals surface area contributed by atoms with Crippen LogP contribution in [0.3, 0.4) is 0 Å². The largest absolute Gasteiger partial charge is 0.0649 e. The summed E-state index contributed by atoms with van der Waals surface area (Å²) < 4.78 is 0. The Morgan fingerprint density at radius 3 is 0.842 bits per heavy atom. The third-order valence-electron chi connectivity index (χ3n) is 35.2. The van der Waals surface area contributed by atoms with Crippen LogP contribution in [0.15, 0.2) is 0 Å². The van der Waals surface area contributed by atoms with Crippen molar-refractivity contribution < 1.29 is 0 Å². The van der Waals surface area contributed by atoms with E-state index in [4.69, 9.17) is 0 Å². The molecule has 0 aromatic rings. The van der Waals surface area contributed by atoms with Gasteiger partial charge in [0.05, 0.1) is 0 Å². The quantitative estimate of drug-likeness (QED) is 0.245. The van der Waals surface area contributed by atoms with Crippen molar-refractivity contribution in [3.63, 3.8) is 0 Å². The van der Waals surface area contributed by atoms with Crippen LogP contribution in [0.5, 0.6) is 0 Å². The molecule has 0 N–H and O–H groups in total. The first-order valence-electron chi connectivity index (χ1n) is 47.3. The molecule has 0 amide bonds. The van der Waals surface area contributed by atoms with Crippen molar-refractivity contribution >= 4 is 0 Å². The Balaban J connectivity index is 0.000000125. The minimum atomic E-state index is 0.552. The lowest BCUT2D eigenvalue weighted by Gasteiger charge is -2.56. The lowest BCUT2D eigenvalue weighted by molar-refractivity contribution is -0.0545. The van der Waals surface area contributed by atoms with E-state index in [1.807, 2.05) is 0 Å². The molecule has 18 bridgehead atoms. The van der Waals surface area contributed by atoms with Crippen LogP contribution < -0.4 is 0 Å². The molecule has 20 aliphatic rings. The molecule has 0 spiro atoms. The molecule has 20 saturated carbocycles.